The molecule has 0 aliphatic carbocycles. The van der Waals surface area contributed by atoms with Gasteiger partial charge >= 0.3 is 11.9 Å². The topological polar surface area (TPSA) is 120 Å². The van der Waals surface area contributed by atoms with Crippen LogP contribution in [0.15, 0.2) is 41.6 Å². The van der Waals surface area contributed by atoms with Crippen LogP contribution in [-0.2, 0) is 33.8 Å². The third kappa shape index (κ3) is 9.03. The summed E-state index contributed by atoms with van der Waals surface area (Å²) in [6, 6.07) is 12.5. The smallest absolute Gasteiger partial charge is 0.303 e. The van der Waals surface area contributed by atoms with E-state index in [0.717, 1.165) is 54.5 Å². The fraction of sp³-hybridized carbons (Fsp3) is 0.400. The van der Waals surface area contributed by atoms with Crippen LogP contribution in [0, 0.1) is 0 Å². The standard InChI is InChI=1S/C21H26ClN3O.C4H6O4/c1-3-26-25-15(2)17-6-4-16(5-7-17)14-24-21-19-11-13-23-12-10-18(19)8-9-20(21)22;5-3(6)1-2-4(7)8/h4-9,23-24H,3,10-14H2,1-2H3;1-2H2,(H,5,6)(H,7,8). The first-order valence-electron chi connectivity index (χ1n) is 11.3. The van der Waals surface area contributed by atoms with Gasteiger partial charge in [0.1, 0.15) is 6.61 Å². The van der Waals surface area contributed by atoms with Crippen molar-refractivity contribution in [3.8, 4) is 0 Å². The molecule has 0 saturated heterocycles. The molecule has 0 unspecified atom stereocenters. The Bertz CT molecular complexity index is 979. The van der Waals surface area contributed by atoms with Crippen LogP contribution in [0.4, 0.5) is 5.69 Å². The summed E-state index contributed by atoms with van der Waals surface area (Å²) in [7, 11) is 0. The Morgan fingerprint density at radius 1 is 1.06 bits per heavy atom. The van der Waals surface area contributed by atoms with E-state index in [2.05, 4.69) is 46.1 Å². The number of anilines is 1. The first-order chi connectivity index (χ1) is 16.3. The minimum absolute atomic E-state index is 0.296. The molecule has 0 saturated carbocycles. The average molecular weight is 490 g/mol. The number of nitrogens with one attached hydrogen (secondary N) is 2. The average Bonchev–Trinajstić information content (AvgIpc) is 3.07. The van der Waals surface area contributed by atoms with Gasteiger partial charge < -0.3 is 25.7 Å². The second kappa shape index (κ2) is 14.2. The molecule has 0 spiro atoms. The van der Waals surface area contributed by atoms with Crippen LogP contribution >= 0.6 is 11.6 Å². The number of hydrogen-bond donors (Lipinski definition) is 4. The second-order valence-electron chi connectivity index (χ2n) is 7.74. The maximum Gasteiger partial charge on any atom is 0.303 e. The molecule has 0 fully saturated rings. The molecule has 1 aliphatic rings. The lowest BCUT2D eigenvalue weighted by atomic mass is 10.0. The highest BCUT2D eigenvalue weighted by atomic mass is 35.5. The fourth-order valence-electron chi connectivity index (χ4n) is 3.42. The lowest BCUT2D eigenvalue weighted by molar-refractivity contribution is -0.143. The summed E-state index contributed by atoms with van der Waals surface area (Å²) in [5.74, 6) is -2.15. The van der Waals surface area contributed by atoms with Gasteiger partial charge in [0, 0.05) is 6.54 Å². The van der Waals surface area contributed by atoms with Crippen molar-refractivity contribution in [1.29, 1.82) is 0 Å². The number of carboxylic acid groups (broad SMARTS) is 2. The molecule has 1 aliphatic heterocycles. The van der Waals surface area contributed by atoms with Gasteiger partial charge in [0.15, 0.2) is 0 Å². The molecule has 9 heteroatoms. The lowest BCUT2D eigenvalue weighted by Gasteiger charge is -2.16. The van der Waals surface area contributed by atoms with Crippen molar-refractivity contribution in [3.63, 3.8) is 0 Å². The highest BCUT2D eigenvalue weighted by molar-refractivity contribution is 6.33. The predicted octanol–water partition coefficient (Wildman–Crippen LogP) is 4.34. The number of carboxylic acids is 2. The van der Waals surface area contributed by atoms with Crippen LogP contribution in [-0.4, -0.2) is 47.6 Å². The Morgan fingerprint density at radius 2 is 1.71 bits per heavy atom. The summed E-state index contributed by atoms with van der Waals surface area (Å²) in [5.41, 5.74) is 6.97. The molecule has 3 rings (SSSR count). The Hall–Kier alpha value is -3.10. The van der Waals surface area contributed by atoms with Gasteiger partial charge in [-0.25, -0.2) is 0 Å². The van der Waals surface area contributed by atoms with Crippen LogP contribution in [0.1, 0.15) is 48.9 Å². The Morgan fingerprint density at radius 3 is 2.32 bits per heavy atom. The van der Waals surface area contributed by atoms with E-state index < -0.39 is 11.9 Å². The third-order valence-corrected chi connectivity index (χ3v) is 5.52. The number of hydrogen-bond acceptors (Lipinski definition) is 6. The number of fused-ring (bicyclic) bond motifs is 1. The number of oxime groups is 1. The molecule has 2 aromatic rings. The SMILES string of the molecule is CCON=C(C)c1ccc(CNc2c(Cl)ccc3c2CCNCC3)cc1.O=C(O)CCC(=O)O. The summed E-state index contributed by atoms with van der Waals surface area (Å²) in [4.78, 5) is 24.4. The monoisotopic (exact) mass is 489 g/mol. The zero-order valence-corrected chi connectivity index (χ0v) is 20.3. The number of benzene rings is 2. The van der Waals surface area contributed by atoms with Crippen LogP contribution < -0.4 is 10.6 Å². The Kier molecular flexibility index (Phi) is 11.4. The van der Waals surface area contributed by atoms with Gasteiger partial charge in [0.25, 0.3) is 0 Å². The summed E-state index contributed by atoms with van der Waals surface area (Å²) in [6.07, 6.45) is 1.46. The van der Waals surface area contributed by atoms with Crippen molar-refractivity contribution in [1.82, 2.24) is 5.32 Å². The highest BCUT2D eigenvalue weighted by Gasteiger charge is 2.14. The zero-order valence-electron chi connectivity index (χ0n) is 19.6. The number of nitrogens with zero attached hydrogens (tertiary/aromatic N) is 1. The zero-order chi connectivity index (χ0) is 24.9. The van der Waals surface area contributed by atoms with Crippen molar-refractivity contribution in [2.45, 2.75) is 46.1 Å². The largest absolute Gasteiger partial charge is 0.481 e. The van der Waals surface area contributed by atoms with E-state index in [-0.39, 0.29) is 12.8 Å². The Balaban J connectivity index is 0.000000440. The summed E-state index contributed by atoms with van der Waals surface area (Å²) < 4.78 is 0. The molecule has 0 amide bonds. The maximum absolute atomic E-state index is 9.64. The first kappa shape index (κ1) is 27.1. The van der Waals surface area contributed by atoms with Gasteiger partial charge in [-0.3, -0.25) is 9.59 Å². The summed E-state index contributed by atoms with van der Waals surface area (Å²) in [6.45, 7) is 7.23. The van der Waals surface area contributed by atoms with Gasteiger partial charge in [0.2, 0.25) is 0 Å². The van der Waals surface area contributed by atoms with Gasteiger partial charge in [-0.05, 0) is 68.1 Å². The second-order valence-corrected chi connectivity index (χ2v) is 8.15. The lowest BCUT2D eigenvalue weighted by Crippen LogP contribution is -2.16. The maximum atomic E-state index is 9.64. The number of rotatable bonds is 9. The molecule has 4 N–H and O–H groups in total. The molecule has 0 aromatic heterocycles. The third-order valence-electron chi connectivity index (χ3n) is 5.21. The van der Waals surface area contributed by atoms with Gasteiger partial charge in [-0.15, -0.1) is 0 Å². The minimum atomic E-state index is -1.08. The van der Waals surface area contributed by atoms with Gasteiger partial charge in [0.05, 0.1) is 29.3 Å². The van der Waals surface area contributed by atoms with E-state index in [1.807, 2.05) is 19.9 Å². The van der Waals surface area contributed by atoms with Crippen LogP contribution in [0.2, 0.25) is 5.02 Å². The molecular weight excluding hydrogens is 458 g/mol. The van der Waals surface area contributed by atoms with Crippen LogP contribution in [0.3, 0.4) is 0 Å². The van der Waals surface area contributed by atoms with E-state index in [4.69, 9.17) is 26.7 Å². The number of carbonyl (C=O) groups is 2. The quantitative estimate of drug-likeness (QED) is 0.305. The highest BCUT2D eigenvalue weighted by Crippen LogP contribution is 2.31. The van der Waals surface area contributed by atoms with Gasteiger partial charge in [-0.1, -0.05) is 47.1 Å². The molecule has 8 nitrogen and oxygen atoms in total. The molecular formula is C25H32ClN3O5. The van der Waals surface area contributed by atoms with Crippen molar-refractivity contribution in [3.05, 3.63) is 63.7 Å². The molecule has 34 heavy (non-hydrogen) atoms. The van der Waals surface area contributed by atoms with Gasteiger partial charge in [-0.2, -0.15) is 0 Å². The molecule has 2 aromatic carbocycles. The van der Waals surface area contributed by atoms with E-state index in [0.29, 0.717) is 6.61 Å². The van der Waals surface area contributed by atoms with E-state index in [9.17, 15) is 9.59 Å². The molecule has 1 heterocycles. The molecule has 0 bridgehead atoms. The summed E-state index contributed by atoms with van der Waals surface area (Å²) >= 11 is 6.48. The van der Waals surface area contributed by atoms with Crippen molar-refractivity contribution in [2.75, 3.05) is 25.0 Å². The predicted molar refractivity (Wildman–Crippen MR) is 134 cm³/mol. The minimum Gasteiger partial charge on any atom is -0.481 e. The molecule has 184 valence electrons. The van der Waals surface area contributed by atoms with E-state index in [1.54, 1.807) is 0 Å². The van der Waals surface area contributed by atoms with E-state index >= 15 is 0 Å². The summed E-state index contributed by atoms with van der Waals surface area (Å²) in [5, 5.41) is 27.7. The molecule has 0 atom stereocenters. The number of halogens is 1. The van der Waals surface area contributed by atoms with Crippen molar-refractivity contribution >= 4 is 34.9 Å². The Labute approximate surface area is 205 Å². The molecule has 0 radical (unpaired) electrons. The first-order valence-corrected chi connectivity index (χ1v) is 11.6. The number of aliphatic carboxylic acids is 2. The fourth-order valence-corrected chi connectivity index (χ4v) is 3.66. The van der Waals surface area contributed by atoms with Crippen LogP contribution in [0.25, 0.3) is 0 Å². The van der Waals surface area contributed by atoms with Crippen molar-refractivity contribution < 1.29 is 24.6 Å². The van der Waals surface area contributed by atoms with E-state index in [1.165, 1.54) is 16.7 Å². The van der Waals surface area contributed by atoms with Crippen molar-refractivity contribution in [2.24, 2.45) is 5.16 Å². The normalized spacial score (nSPS) is 13.1. The van der Waals surface area contributed by atoms with Crippen LogP contribution in [0.5, 0.6) is 0 Å².